The molecular weight excluding hydrogens is 304 g/mol. The zero-order valence-corrected chi connectivity index (χ0v) is 15.2. The average molecular weight is 331 g/mol. The molecule has 0 amide bonds. The highest BCUT2D eigenvalue weighted by Gasteiger charge is 2.41. The molecule has 4 nitrogen and oxygen atoms in total. The summed E-state index contributed by atoms with van der Waals surface area (Å²) in [5.74, 6) is 0. The fraction of sp³-hybridized carbons (Fsp3) is 0.733. The number of sulfonamides is 1. The Bertz CT molecular complexity index is 603. The van der Waals surface area contributed by atoms with Gasteiger partial charge in [0.25, 0.3) is 0 Å². The van der Waals surface area contributed by atoms with Crippen molar-refractivity contribution in [3.8, 4) is 0 Å². The summed E-state index contributed by atoms with van der Waals surface area (Å²) in [4.78, 5) is 2.46. The molecule has 2 heterocycles. The van der Waals surface area contributed by atoms with Crippen LogP contribution in [0.5, 0.6) is 0 Å². The summed E-state index contributed by atoms with van der Waals surface area (Å²) < 4.78 is 27.5. The Hall–Kier alpha value is -0.430. The van der Waals surface area contributed by atoms with Gasteiger partial charge in [-0.2, -0.15) is 4.31 Å². The number of nitrogens with zero attached hydrogens (tertiary/aromatic N) is 1. The summed E-state index contributed by atoms with van der Waals surface area (Å²) in [6, 6.07) is 2.24. The maximum Gasteiger partial charge on any atom is 0.244 e. The van der Waals surface area contributed by atoms with Gasteiger partial charge in [-0.25, -0.2) is 8.42 Å². The zero-order valence-electron chi connectivity index (χ0n) is 13.6. The third-order valence-electron chi connectivity index (χ3n) is 4.00. The molecule has 0 atom stereocenters. The van der Waals surface area contributed by atoms with E-state index >= 15 is 0 Å². The molecule has 0 radical (unpaired) electrons. The molecule has 1 aromatic heterocycles. The van der Waals surface area contributed by atoms with E-state index in [0.29, 0.717) is 17.5 Å². The third kappa shape index (κ3) is 3.50. The molecule has 0 bridgehead atoms. The highest BCUT2D eigenvalue weighted by atomic mass is 32.2. The second kappa shape index (κ2) is 5.99. The minimum Gasteiger partial charge on any atom is -0.310 e. The Kier molecular flexibility index (Phi) is 4.83. The summed E-state index contributed by atoms with van der Waals surface area (Å²) >= 11 is 1.57. The maximum absolute atomic E-state index is 12.9. The average Bonchev–Trinajstić information content (AvgIpc) is 2.89. The molecule has 0 aliphatic carbocycles. The van der Waals surface area contributed by atoms with Gasteiger partial charge in [0.15, 0.2) is 0 Å². The molecule has 0 aromatic carbocycles. The van der Waals surface area contributed by atoms with Crippen molar-refractivity contribution in [1.29, 1.82) is 0 Å². The number of aryl methyl sites for hydroxylation is 1. The van der Waals surface area contributed by atoms with Crippen LogP contribution in [0.15, 0.2) is 11.0 Å². The Morgan fingerprint density at radius 2 is 2.10 bits per heavy atom. The van der Waals surface area contributed by atoms with Gasteiger partial charge in [-0.1, -0.05) is 13.8 Å². The molecule has 1 fully saturated rings. The Balaban J connectivity index is 2.28. The maximum atomic E-state index is 12.9. The SMILES string of the molecule is Cc1sc(CNC(C)C)cc1S(=O)(=O)N1CCCC1(C)C. The van der Waals surface area contributed by atoms with Crippen LogP contribution in [-0.2, 0) is 16.6 Å². The number of rotatable bonds is 5. The van der Waals surface area contributed by atoms with Gasteiger partial charge in [0.05, 0.1) is 4.90 Å². The first kappa shape index (κ1) is 16.9. The van der Waals surface area contributed by atoms with Crippen LogP contribution in [0.4, 0.5) is 0 Å². The molecule has 1 N–H and O–H groups in total. The van der Waals surface area contributed by atoms with Gasteiger partial charge < -0.3 is 5.32 Å². The van der Waals surface area contributed by atoms with Crippen molar-refractivity contribution < 1.29 is 8.42 Å². The van der Waals surface area contributed by atoms with Gasteiger partial charge in [0.2, 0.25) is 10.0 Å². The van der Waals surface area contributed by atoms with Crippen LogP contribution >= 0.6 is 11.3 Å². The molecule has 6 heteroatoms. The van der Waals surface area contributed by atoms with E-state index in [1.807, 2.05) is 26.8 Å². The summed E-state index contributed by atoms with van der Waals surface area (Å²) in [5.41, 5.74) is -0.274. The van der Waals surface area contributed by atoms with Crippen LogP contribution in [0.1, 0.15) is 50.3 Å². The van der Waals surface area contributed by atoms with Crippen molar-refractivity contribution in [2.45, 2.75) is 70.5 Å². The lowest BCUT2D eigenvalue weighted by atomic mass is 10.0. The van der Waals surface area contributed by atoms with E-state index in [2.05, 4.69) is 19.2 Å². The van der Waals surface area contributed by atoms with Crippen LogP contribution < -0.4 is 5.32 Å². The number of hydrogen-bond donors (Lipinski definition) is 1. The zero-order chi connectivity index (χ0) is 15.8. The fourth-order valence-electron chi connectivity index (χ4n) is 2.82. The summed E-state index contributed by atoms with van der Waals surface area (Å²) in [7, 11) is -3.38. The van der Waals surface area contributed by atoms with E-state index in [9.17, 15) is 8.42 Å². The van der Waals surface area contributed by atoms with Crippen LogP contribution in [0.2, 0.25) is 0 Å². The molecule has 0 spiro atoms. The predicted molar refractivity (Wildman–Crippen MR) is 88.2 cm³/mol. The van der Waals surface area contributed by atoms with E-state index in [1.165, 1.54) is 0 Å². The van der Waals surface area contributed by atoms with Crippen LogP contribution in [0.25, 0.3) is 0 Å². The first-order valence-corrected chi connectivity index (χ1v) is 9.76. The Morgan fingerprint density at radius 3 is 2.62 bits per heavy atom. The highest BCUT2D eigenvalue weighted by Crippen LogP contribution is 2.36. The van der Waals surface area contributed by atoms with Crippen LogP contribution in [0.3, 0.4) is 0 Å². The number of thiophene rings is 1. The molecule has 1 saturated heterocycles. The van der Waals surface area contributed by atoms with E-state index < -0.39 is 10.0 Å². The molecular formula is C15H26N2O2S2. The molecule has 2 rings (SSSR count). The fourth-order valence-corrected chi connectivity index (χ4v) is 6.22. The van der Waals surface area contributed by atoms with E-state index in [4.69, 9.17) is 0 Å². The molecule has 1 aliphatic rings. The van der Waals surface area contributed by atoms with Crippen molar-refractivity contribution in [3.05, 3.63) is 15.8 Å². The van der Waals surface area contributed by atoms with Gasteiger partial charge in [-0.05, 0) is 39.7 Å². The van der Waals surface area contributed by atoms with Crippen molar-refractivity contribution in [2.24, 2.45) is 0 Å². The second-order valence-electron chi connectivity index (χ2n) is 6.66. The smallest absolute Gasteiger partial charge is 0.244 e. The molecule has 0 saturated carbocycles. The van der Waals surface area contributed by atoms with Gasteiger partial charge in [-0.15, -0.1) is 11.3 Å². The summed E-state index contributed by atoms with van der Waals surface area (Å²) in [6.45, 7) is 11.5. The van der Waals surface area contributed by atoms with Crippen molar-refractivity contribution in [3.63, 3.8) is 0 Å². The molecule has 120 valence electrons. The Labute approximate surface area is 132 Å². The van der Waals surface area contributed by atoms with E-state index in [0.717, 1.165) is 29.1 Å². The van der Waals surface area contributed by atoms with Gasteiger partial charge in [0.1, 0.15) is 0 Å². The number of hydrogen-bond acceptors (Lipinski definition) is 4. The normalized spacial score (nSPS) is 19.5. The summed E-state index contributed by atoms with van der Waals surface area (Å²) in [6.07, 6.45) is 1.87. The first-order chi connectivity index (χ1) is 9.64. The lowest BCUT2D eigenvalue weighted by Gasteiger charge is -2.30. The lowest BCUT2D eigenvalue weighted by Crippen LogP contribution is -2.42. The molecule has 21 heavy (non-hydrogen) atoms. The lowest BCUT2D eigenvalue weighted by molar-refractivity contribution is 0.291. The quantitative estimate of drug-likeness (QED) is 0.902. The van der Waals surface area contributed by atoms with Crippen molar-refractivity contribution in [1.82, 2.24) is 9.62 Å². The molecule has 1 aromatic rings. The van der Waals surface area contributed by atoms with E-state index in [1.54, 1.807) is 15.6 Å². The second-order valence-corrected chi connectivity index (χ2v) is 9.83. The largest absolute Gasteiger partial charge is 0.310 e. The van der Waals surface area contributed by atoms with Gasteiger partial charge >= 0.3 is 0 Å². The standard InChI is InChI=1S/C15H26N2O2S2/c1-11(2)16-10-13-9-14(12(3)20-13)21(18,19)17-8-6-7-15(17,4)5/h9,11,16H,6-8,10H2,1-5H3. The van der Waals surface area contributed by atoms with Gasteiger partial charge in [0, 0.05) is 34.4 Å². The summed E-state index contributed by atoms with van der Waals surface area (Å²) in [5, 5.41) is 3.34. The minimum atomic E-state index is -3.38. The first-order valence-electron chi connectivity index (χ1n) is 7.50. The third-order valence-corrected chi connectivity index (χ3v) is 7.42. The van der Waals surface area contributed by atoms with Crippen LogP contribution in [0, 0.1) is 6.92 Å². The highest BCUT2D eigenvalue weighted by molar-refractivity contribution is 7.89. The number of nitrogens with one attached hydrogen (secondary N) is 1. The van der Waals surface area contributed by atoms with Crippen molar-refractivity contribution in [2.75, 3.05) is 6.54 Å². The molecule has 0 unspecified atom stereocenters. The van der Waals surface area contributed by atoms with E-state index in [-0.39, 0.29) is 5.54 Å². The monoisotopic (exact) mass is 330 g/mol. The Morgan fingerprint density at radius 1 is 1.43 bits per heavy atom. The topological polar surface area (TPSA) is 49.4 Å². The van der Waals surface area contributed by atoms with Crippen molar-refractivity contribution >= 4 is 21.4 Å². The molecule has 1 aliphatic heterocycles. The predicted octanol–water partition coefficient (Wildman–Crippen LogP) is 3.12. The van der Waals surface area contributed by atoms with Crippen LogP contribution in [-0.4, -0.2) is 30.8 Å². The minimum absolute atomic E-state index is 0.274. The van der Waals surface area contributed by atoms with Gasteiger partial charge in [-0.3, -0.25) is 0 Å².